The average molecular weight is 393 g/mol. The van der Waals surface area contributed by atoms with Crippen LogP contribution in [0.2, 0.25) is 0 Å². The molecule has 0 bridgehead atoms. The lowest BCUT2D eigenvalue weighted by Gasteiger charge is -2.38. The van der Waals surface area contributed by atoms with Gasteiger partial charge in [-0.3, -0.25) is 25.1 Å². The monoisotopic (exact) mass is 393 g/mol. The number of nitrogens with one attached hydrogen (secondary N) is 2. The summed E-state index contributed by atoms with van der Waals surface area (Å²) in [6.07, 6.45) is 0.313. The molecule has 7 nitrogen and oxygen atoms in total. The first kappa shape index (κ1) is 18.6. The normalized spacial score (nSPS) is 22.6. The molecule has 2 aromatic rings. The Morgan fingerprint density at radius 2 is 2.14 bits per heavy atom. The first-order valence-corrected chi connectivity index (χ1v) is 8.75. The lowest BCUT2D eigenvalue weighted by Crippen LogP contribution is -2.63. The number of aromatic nitrogens is 2. The van der Waals surface area contributed by atoms with Crippen molar-refractivity contribution in [2.45, 2.75) is 31.9 Å². The third kappa shape index (κ3) is 3.78. The van der Waals surface area contributed by atoms with Crippen molar-refractivity contribution in [3.8, 4) is 5.75 Å². The molecule has 0 saturated carbocycles. The SMILES string of the molecule is O=C1NNCC(N2Cc3cc(OCc4cccnc4)cnc3C2)C1C(F)(F)F. The second-order valence-electron chi connectivity index (χ2n) is 6.79. The van der Waals surface area contributed by atoms with E-state index < -0.39 is 24.0 Å². The van der Waals surface area contributed by atoms with Crippen molar-refractivity contribution < 1.29 is 22.7 Å². The Morgan fingerprint density at radius 1 is 1.29 bits per heavy atom. The summed E-state index contributed by atoms with van der Waals surface area (Å²) in [4.78, 5) is 21.8. The van der Waals surface area contributed by atoms with Crippen LogP contribution in [0.5, 0.6) is 5.75 Å². The van der Waals surface area contributed by atoms with E-state index in [1.807, 2.05) is 12.1 Å². The molecule has 148 valence electrons. The summed E-state index contributed by atoms with van der Waals surface area (Å²) in [5.41, 5.74) is 7.02. The fourth-order valence-electron chi connectivity index (χ4n) is 3.55. The number of alkyl halides is 3. The second kappa shape index (κ2) is 7.36. The molecule has 2 aromatic heterocycles. The molecule has 0 aliphatic carbocycles. The van der Waals surface area contributed by atoms with Gasteiger partial charge in [0.05, 0.1) is 11.9 Å². The molecule has 2 N–H and O–H groups in total. The number of nitrogens with zero attached hydrogens (tertiary/aromatic N) is 3. The van der Waals surface area contributed by atoms with Gasteiger partial charge in [0.2, 0.25) is 5.91 Å². The number of carbonyl (C=O) groups is 1. The van der Waals surface area contributed by atoms with Crippen LogP contribution in [-0.4, -0.2) is 39.5 Å². The molecule has 2 aliphatic rings. The van der Waals surface area contributed by atoms with E-state index in [9.17, 15) is 18.0 Å². The number of rotatable bonds is 4. The highest BCUT2D eigenvalue weighted by Gasteiger charge is 2.53. The van der Waals surface area contributed by atoms with Crippen molar-refractivity contribution in [2.24, 2.45) is 5.92 Å². The van der Waals surface area contributed by atoms with E-state index in [1.54, 1.807) is 29.6 Å². The van der Waals surface area contributed by atoms with E-state index in [0.717, 1.165) is 11.1 Å². The summed E-state index contributed by atoms with van der Waals surface area (Å²) in [5.74, 6) is -2.60. The second-order valence-corrected chi connectivity index (χ2v) is 6.79. The van der Waals surface area contributed by atoms with Crippen molar-refractivity contribution >= 4 is 5.91 Å². The number of hydrogen-bond acceptors (Lipinski definition) is 6. The van der Waals surface area contributed by atoms with Crippen LogP contribution in [0, 0.1) is 5.92 Å². The maximum absolute atomic E-state index is 13.4. The average Bonchev–Trinajstić information content (AvgIpc) is 3.09. The van der Waals surface area contributed by atoms with Gasteiger partial charge in [-0.25, -0.2) is 5.43 Å². The minimum Gasteiger partial charge on any atom is -0.487 e. The van der Waals surface area contributed by atoms with Gasteiger partial charge in [0.1, 0.15) is 12.4 Å². The quantitative estimate of drug-likeness (QED) is 0.821. The van der Waals surface area contributed by atoms with Crippen molar-refractivity contribution in [2.75, 3.05) is 6.54 Å². The number of halogens is 3. The molecule has 28 heavy (non-hydrogen) atoms. The van der Waals surface area contributed by atoms with E-state index in [1.165, 1.54) is 0 Å². The topological polar surface area (TPSA) is 79.4 Å². The van der Waals surface area contributed by atoms with Crippen LogP contribution < -0.4 is 15.6 Å². The highest BCUT2D eigenvalue weighted by atomic mass is 19.4. The van der Waals surface area contributed by atoms with Crippen LogP contribution in [0.1, 0.15) is 16.8 Å². The smallest absolute Gasteiger partial charge is 0.402 e. The van der Waals surface area contributed by atoms with Gasteiger partial charge in [-0.05, 0) is 17.7 Å². The number of carbonyl (C=O) groups excluding carboxylic acids is 1. The molecule has 2 atom stereocenters. The predicted molar refractivity (Wildman–Crippen MR) is 91.5 cm³/mol. The first-order valence-electron chi connectivity index (χ1n) is 8.75. The summed E-state index contributed by atoms with van der Waals surface area (Å²) >= 11 is 0. The van der Waals surface area contributed by atoms with Gasteiger partial charge in [-0.2, -0.15) is 13.2 Å². The highest BCUT2D eigenvalue weighted by molar-refractivity contribution is 5.80. The van der Waals surface area contributed by atoms with Crippen molar-refractivity contribution in [3.05, 3.63) is 53.6 Å². The lowest BCUT2D eigenvalue weighted by molar-refractivity contribution is -0.201. The van der Waals surface area contributed by atoms with Gasteiger partial charge < -0.3 is 4.74 Å². The van der Waals surface area contributed by atoms with Crippen molar-refractivity contribution in [1.82, 2.24) is 25.7 Å². The third-order valence-corrected chi connectivity index (χ3v) is 4.90. The third-order valence-electron chi connectivity index (χ3n) is 4.90. The summed E-state index contributed by atoms with van der Waals surface area (Å²) < 4.78 is 45.9. The van der Waals surface area contributed by atoms with Gasteiger partial charge in [0.25, 0.3) is 0 Å². The molecule has 0 spiro atoms. The van der Waals surface area contributed by atoms with E-state index in [4.69, 9.17) is 4.74 Å². The molecule has 4 rings (SSSR count). The number of hydrazine groups is 1. The zero-order chi connectivity index (χ0) is 19.7. The van der Waals surface area contributed by atoms with Crippen molar-refractivity contribution in [3.63, 3.8) is 0 Å². The summed E-state index contributed by atoms with van der Waals surface area (Å²) in [7, 11) is 0. The fourth-order valence-corrected chi connectivity index (χ4v) is 3.55. The van der Waals surface area contributed by atoms with E-state index >= 15 is 0 Å². The number of pyridine rings is 2. The minimum atomic E-state index is -4.61. The molecule has 1 amide bonds. The van der Waals surface area contributed by atoms with Gasteiger partial charge in [-0.1, -0.05) is 6.07 Å². The number of fused-ring (bicyclic) bond motifs is 1. The number of hydrogen-bond donors (Lipinski definition) is 2. The molecule has 0 radical (unpaired) electrons. The maximum Gasteiger partial charge on any atom is 0.402 e. The van der Waals surface area contributed by atoms with E-state index in [0.29, 0.717) is 18.1 Å². The van der Waals surface area contributed by atoms with Gasteiger partial charge >= 0.3 is 6.18 Å². The number of ether oxygens (including phenoxy) is 1. The van der Waals surface area contributed by atoms with Gasteiger partial charge in [-0.15, -0.1) is 0 Å². The van der Waals surface area contributed by atoms with Gasteiger partial charge in [0, 0.05) is 43.6 Å². The Morgan fingerprint density at radius 3 is 2.89 bits per heavy atom. The van der Waals surface area contributed by atoms with Crippen LogP contribution in [0.15, 0.2) is 36.8 Å². The Bertz CT molecular complexity index is 862. The molecular weight excluding hydrogens is 375 g/mol. The lowest BCUT2D eigenvalue weighted by atomic mass is 9.95. The largest absolute Gasteiger partial charge is 0.487 e. The summed E-state index contributed by atoms with van der Waals surface area (Å²) in [6, 6.07) is 4.48. The molecule has 1 fully saturated rings. The Kier molecular flexibility index (Phi) is 4.90. The highest BCUT2D eigenvalue weighted by Crippen LogP contribution is 2.36. The van der Waals surface area contributed by atoms with Crippen LogP contribution in [0.25, 0.3) is 0 Å². The molecule has 2 unspecified atom stereocenters. The zero-order valence-corrected chi connectivity index (χ0v) is 14.7. The molecule has 10 heteroatoms. The summed E-state index contributed by atoms with van der Waals surface area (Å²) in [5, 5.41) is 0. The van der Waals surface area contributed by atoms with Crippen molar-refractivity contribution in [1.29, 1.82) is 0 Å². The molecule has 1 saturated heterocycles. The molecule has 0 aromatic carbocycles. The molecule has 2 aliphatic heterocycles. The fraction of sp³-hybridized carbons (Fsp3) is 0.389. The first-order chi connectivity index (χ1) is 13.4. The van der Waals surface area contributed by atoms with Crippen LogP contribution in [0.4, 0.5) is 13.2 Å². The summed E-state index contributed by atoms with van der Waals surface area (Å²) in [6.45, 7) is 0.859. The van der Waals surface area contributed by atoms with Crippen LogP contribution in [-0.2, 0) is 24.5 Å². The maximum atomic E-state index is 13.4. The zero-order valence-electron chi connectivity index (χ0n) is 14.7. The Balaban J connectivity index is 1.46. The standard InChI is InChI=1S/C18H18F3N5O2/c19-18(20,21)16-15(7-24-25-17(16)27)26-8-12-4-13(6-23-14(12)9-26)28-10-11-2-1-3-22-5-11/h1-6,15-16,24H,7-10H2,(H,25,27). The predicted octanol–water partition coefficient (Wildman–Crippen LogP) is 1.55. The molecule has 4 heterocycles. The van der Waals surface area contributed by atoms with Crippen LogP contribution in [0.3, 0.4) is 0 Å². The van der Waals surface area contributed by atoms with E-state index in [2.05, 4.69) is 20.8 Å². The van der Waals surface area contributed by atoms with Crippen LogP contribution >= 0.6 is 0 Å². The van der Waals surface area contributed by atoms with E-state index in [-0.39, 0.29) is 19.6 Å². The van der Waals surface area contributed by atoms with Gasteiger partial charge in [0.15, 0.2) is 5.92 Å². The minimum absolute atomic E-state index is 0.00820. The Labute approximate surface area is 158 Å². The molecular formula is C18H18F3N5O2. The Hall–Kier alpha value is -2.72. The number of amides is 1.